The third-order valence-corrected chi connectivity index (χ3v) is 5.19. The maximum Gasteiger partial charge on any atom is 0.237 e. The van der Waals surface area contributed by atoms with Gasteiger partial charge in [-0.2, -0.15) is 0 Å². The van der Waals surface area contributed by atoms with Gasteiger partial charge >= 0.3 is 0 Å². The van der Waals surface area contributed by atoms with E-state index in [2.05, 4.69) is 23.0 Å². The number of aromatic nitrogens is 3. The van der Waals surface area contributed by atoms with Crippen molar-refractivity contribution < 1.29 is 9.13 Å². The average molecular weight is 346 g/mol. The minimum atomic E-state index is -0.884. The van der Waals surface area contributed by atoms with Crippen LogP contribution in [0.3, 0.4) is 0 Å². The standard InChI is InChI=1S/C17H19FN4OS/c1-2-24-14-7-12(11-3-4-11)8-20-15(14)16-21-9-13-17(23-10-18)19-5-6-22(13)16/h7-9,11H,2-6,10H2,1H3. The van der Waals surface area contributed by atoms with Crippen LogP contribution in [-0.2, 0) is 11.3 Å². The summed E-state index contributed by atoms with van der Waals surface area (Å²) < 4.78 is 19.6. The first-order chi connectivity index (χ1) is 11.8. The van der Waals surface area contributed by atoms with Gasteiger partial charge in [0.15, 0.2) is 5.82 Å². The lowest BCUT2D eigenvalue weighted by Crippen LogP contribution is -2.21. The minimum Gasteiger partial charge on any atom is -0.444 e. The van der Waals surface area contributed by atoms with E-state index in [-0.39, 0.29) is 0 Å². The van der Waals surface area contributed by atoms with Crippen molar-refractivity contribution in [3.63, 3.8) is 0 Å². The maximum atomic E-state index is 12.5. The zero-order valence-electron chi connectivity index (χ0n) is 13.5. The molecule has 0 atom stereocenters. The Morgan fingerprint density at radius 1 is 1.33 bits per heavy atom. The molecule has 7 heteroatoms. The molecule has 4 rings (SSSR count). The normalized spacial score (nSPS) is 16.7. The van der Waals surface area contributed by atoms with Crippen LogP contribution >= 0.6 is 11.8 Å². The number of nitrogens with zero attached hydrogens (tertiary/aromatic N) is 4. The Kier molecular flexibility index (Phi) is 4.26. The third kappa shape index (κ3) is 2.81. The van der Waals surface area contributed by atoms with Crippen LogP contribution in [-0.4, -0.2) is 39.6 Å². The first-order valence-electron chi connectivity index (χ1n) is 8.24. The molecule has 3 heterocycles. The molecule has 1 aliphatic carbocycles. The molecule has 2 aliphatic rings. The van der Waals surface area contributed by atoms with Gasteiger partial charge in [-0.05, 0) is 36.1 Å². The van der Waals surface area contributed by atoms with Crippen molar-refractivity contribution in [2.45, 2.75) is 37.1 Å². The maximum absolute atomic E-state index is 12.5. The van der Waals surface area contributed by atoms with Crippen molar-refractivity contribution in [3.8, 4) is 11.5 Å². The van der Waals surface area contributed by atoms with Gasteiger partial charge in [-0.1, -0.05) is 6.92 Å². The summed E-state index contributed by atoms with van der Waals surface area (Å²) in [6, 6.07) is 2.26. The summed E-state index contributed by atoms with van der Waals surface area (Å²) in [5.74, 6) is 2.78. The summed E-state index contributed by atoms with van der Waals surface area (Å²) >= 11 is 1.78. The second kappa shape index (κ2) is 6.55. The zero-order valence-corrected chi connectivity index (χ0v) is 14.4. The minimum absolute atomic E-state index is 0.321. The third-order valence-electron chi connectivity index (χ3n) is 4.28. The van der Waals surface area contributed by atoms with E-state index < -0.39 is 6.86 Å². The number of halogens is 1. The van der Waals surface area contributed by atoms with Crippen LogP contribution in [0.4, 0.5) is 4.39 Å². The van der Waals surface area contributed by atoms with Crippen LogP contribution in [0.5, 0.6) is 0 Å². The van der Waals surface area contributed by atoms with Crippen molar-refractivity contribution in [3.05, 3.63) is 29.7 Å². The van der Waals surface area contributed by atoms with Gasteiger partial charge in [-0.25, -0.2) is 14.4 Å². The second-order valence-corrected chi connectivity index (χ2v) is 7.19. The fourth-order valence-electron chi connectivity index (χ4n) is 3.00. The molecule has 1 fully saturated rings. The van der Waals surface area contributed by atoms with E-state index in [1.54, 1.807) is 18.0 Å². The summed E-state index contributed by atoms with van der Waals surface area (Å²) in [6.45, 7) is 2.51. The van der Waals surface area contributed by atoms with Crippen molar-refractivity contribution in [2.24, 2.45) is 4.99 Å². The van der Waals surface area contributed by atoms with E-state index >= 15 is 0 Å². The van der Waals surface area contributed by atoms with Crippen LogP contribution < -0.4 is 0 Å². The van der Waals surface area contributed by atoms with Crippen LogP contribution in [0.2, 0.25) is 0 Å². The highest BCUT2D eigenvalue weighted by molar-refractivity contribution is 7.99. The highest BCUT2D eigenvalue weighted by Gasteiger charge is 2.27. The second-order valence-electron chi connectivity index (χ2n) is 5.88. The SMILES string of the molecule is CCSc1cc(C2CC2)cnc1-c1ncc2n1CCN=C2OCF. The van der Waals surface area contributed by atoms with E-state index in [9.17, 15) is 4.39 Å². The van der Waals surface area contributed by atoms with Crippen LogP contribution in [0.15, 0.2) is 28.3 Å². The Morgan fingerprint density at radius 2 is 2.21 bits per heavy atom. The van der Waals surface area contributed by atoms with Gasteiger partial charge in [0.25, 0.3) is 0 Å². The molecule has 1 aliphatic heterocycles. The molecule has 0 spiro atoms. The molecule has 0 aromatic carbocycles. The molecule has 0 amide bonds. The van der Waals surface area contributed by atoms with Gasteiger partial charge in [0.2, 0.25) is 12.8 Å². The fraction of sp³-hybridized carbons (Fsp3) is 0.471. The largest absolute Gasteiger partial charge is 0.444 e. The predicted molar refractivity (Wildman–Crippen MR) is 92.3 cm³/mol. The molecule has 24 heavy (non-hydrogen) atoms. The van der Waals surface area contributed by atoms with Gasteiger partial charge < -0.3 is 9.30 Å². The summed E-state index contributed by atoms with van der Waals surface area (Å²) in [7, 11) is 0. The Labute approximate surface area is 144 Å². The number of thioether (sulfide) groups is 1. The number of pyridine rings is 1. The molecule has 5 nitrogen and oxygen atoms in total. The molecule has 0 saturated heterocycles. The van der Waals surface area contributed by atoms with E-state index in [4.69, 9.17) is 9.72 Å². The highest BCUT2D eigenvalue weighted by atomic mass is 32.2. The van der Waals surface area contributed by atoms with Crippen LogP contribution in [0.1, 0.15) is 36.9 Å². The van der Waals surface area contributed by atoms with Gasteiger partial charge in [0.05, 0.1) is 12.7 Å². The number of alkyl halides is 1. The van der Waals surface area contributed by atoms with Crippen molar-refractivity contribution in [2.75, 3.05) is 19.2 Å². The van der Waals surface area contributed by atoms with Gasteiger partial charge in [0.1, 0.15) is 11.4 Å². The lowest BCUT2D eigenvalue weighted by atomic mass is 10.2. The molecular formula is C17H19FN4OS. The van der Waals surface area contributed by atoms with Crippen LogP contribution in [0.25, 0.3) is 11.5 Å². The van der Waals surface area contributed by atoms with Gasteiger partial charge in [0, 0.05) is 17.6 Å². The van der Waals surface area contributed by atoms with Gasteiger partial charge in [-0.15, -0.1) is 11.8 Å². The Bertz CT molecular complexity index is 785. The number of hydrogen-bond acceptors (Lipinski definition) is 5. The molecule has 0 radical (unpaired) electrons. The lowest BCUT2D eigenvalue weighted by molar-refractivity contribution is 0.178. The van der Waals surface area contributed by atoms with Crippen molar-refractivity contribution in [1.29, 1.82) is 0 Å². The monoisotopic (exact) mass is 346 g/mol. The Balaban J connectivity index is 1.75. The molecule has 0 bridgehead atoms. The smallest absolute Gasteiger partial charge is 0.237 e. The Morgan fingerprint density at radius 3 is 2.96 bits per heavy atom. The quantitative estimate of drug-likeness (QED) is 0.776. The molecule has 2 aromatic heterocycles. The predicted octanol–water partition coefficient (Wildman–Crippen LogP) is 3.64. The molecular weight excluding hydrogens is 327 g/mol. The zero-order chi connectivity index (χ0) is 16.5. The molecule has 0 N–H and O–H groups in total. The summed E-state index contributed by atoms with van der Waals surface area (Å²) in [4.78, 5) is 14.7. The number of aliphatic imine (C=N–C) groups is 1. The average Bonchev–Trinajstić information content (AvgIpc) is 3.36. The first-order valence-corrected chi connectivity index (χ1v) is 9.22. The number of ether oxygens (including phenoxy) is 1. The number of hydrogen-bond donors (Lipinski definition) is 0. The topological polar surface area (TPSA) is 52.3 Å². The van der Waals surface area contributed by atoms with E-state index in [0.717, 1.165) is 27.9 Å². The lowest BCUT2D eigenvalue weighted by Gasteiger charge is -2.17. The molecule has 126 valence electrons. The summed E-state index contributed by atoms with van der Waals surface area (Å²) in [5, 5.41) is 0. The fourth-order valence-corrected chi connectivity index (χ4v) is 3.81. The van der Waals surface area contributed by atoms with Crippen molar-refractivity contribution >= 4 is 17.7 Å². The molecule has 2 aromatic rings. The van der Waals surface area contributed by atoms with Gasteiger partial charge in [-0.3, -0.25) is 4.98 Å². The highest BCUT2D eigenvalue weighted by Crippen LogP contribution is 2.42. The Hall–Kier alpha value is -1.89. The van der Waals surface area contributed by atoms with E-state index in [0.29, 0.717) is 24.9 Å². The van der Waals surface area contributed by atoms with Crippen LogP contribution in [0, 0.1) is 0 Å². The van der Waals surface area contributed by atoms with E-state index in [1.807, 2.05) is 10.8 Å². The first kappa shape index (κ1) is 15.6. The summed E-state index contributed by atoms with van der Waals surface area (Å²) in [6.07, 6.45) is 6.19. The molecule has 0 unspecified atom stereocenters. The summed E-state index contributed by atoms with van der Waals surface area (Å²) in [5.41, 5.74) is 2.93. The van der Waals surface area contributed by atoms with Crippen molar-refractivity contribution in [1.82, 2.24) is 14.5 Å². The molecule has 1 saturated carbocycles. The number of fused-ring (bicyclic) bond motifs is 1. The number of imidazole rings is 1. The van der Waals surface area contributed by atoms with E-state index in [1.165, 1.54) is 18.4 Å². The number of rotatable bonds is 5.